The topological polar surface area (TPSA) is 90.2 Å². The van der Waals surface area contributed by atoms with Crippen molar-refractivity contribution < 1.29 is 17.9 Å². The number of sulfonamides is 1. The highest BCUT2D eigenvalue weighted by Gasteiger charge is 2.22. The maximum Gasteiger partial charge on any atom is 0.216 e. The molecule has 1 unspecified atom stereocenters. The summed E-state index contributed by atoms with van der Waals surface area (Å²) in [7, 11) is -3.76. The van der Waals surface area contributed by atoms with Crippen LogP contribution in [0.15, 0.2) is 18.2 Å². The maximum atomic E-state index is 13.6. The van der Waals surface area contributed by atoms with Crippen LogP contribution in [0.4, 0.5) is 4.39 Å². The standard InChI is InChI=1S/C14H19FN2O3S/c1-10(2)14(5-6-18)17-21(19,20)9-12-7-11(8-16)3-4-13(12)15/h3-4,7,10,14,17-18H,5-6,9H2,1-2H3. The van der Waals surface area contributed by atoms with Gasteiger partial charge in [-0.3, -0.25) is 0 Å². The number of aliphatic hydroxyl groups is 1. The van der Waals surface area contributed by atoms with Gasteiger partial charge in [0.1, 0.15) is 5.82 Å². The number of hydrogen-bond donors (Lipinski definition) is 2. The SMILES string of the molecule is CC(C)C(CCO)NS(=O)(=O)Cc1cc(C#N)ccc1F. The van der Waals surface area contributed by atoms with Crippen LogP contribution in [0.3, 0.4) is 0 Å². The van der Waals surface area contributed by atoms with Crippen LogP contribution in [0, 0.1) is 23.1 Å². The molecule has 0 aliphatic heterocycles. The Labute approximate surface area is 124 Å². The number of halogens is 1. The Balaban J connectivity index is 2.92. The second kappa shape index (κ2) is 7.50. The number of rotatable bonds is 7. The summed E-state index contributed by atoms with van der Waals surface area (Å²) in [6, 6.07) is 5.03. The van der Waals surface area contributed by atoms with Gasteiger partial charge in [-0.2, -0.15) is 5.26 Å². The zero-order chi connectivity index (χ0) is 16.0. The summed E-state index contributed by atoms with van der Waals surface area (Å²) in [5, 5.41) is 17.7. The zero-order valence-corrected chi connectivity index (χ0v) is 12.8. The minimum absolute atomic E-state index is 0.00205. The summed E-state index contributed by atoms with van der Waals surface area (Å²) in [6.07, 6.45) is 0.289. The fourth-order valence-corrected chi connectivity index (χ4v) is 3.46. The van der Waals surface area contributed by atoms with E-state index in [1.54, 1.807) is 0 Å². The Morgan fingerprint density at radius 1 is 1.43 bits per heavy atom. The van der Waals surface area contributed by atoms with E-state index in [0.29, 0.717) is 0 Å². The van der Waals surface area contributed by atoms with E-state index in [1.807, 2.05) is 19.9 Å². The van der Waals surface area contributed by atoms with Gasteiger partial charge < -0.3 is 5.11 Å². The second-order valence-electron chi connectivity index (χ2n) is 5.16. The lowest BCUT2D eigenvalue weighted by atomic mass is 10.0. The maximum absolute atomic E-state index is 13.6. The van der Waals surface area contributed by atoms with Crippen molar-refractivity contribution in [2.75, 3.05) is 6.61 Å². The first-order chi connectivity index (χ1) is 9.79. The molecule has 0 saturated heterocycles. The molecule has 21 heavy (non-hydrogen) atoms. The van der Waals surface area contributed by atoms with E-state index in [2.05, 4.69) is 4.72 Å². The van der Waals surface area contributed by atoms with Crippen LogP contribution in [0.25, 0.3) is 0 Å². The molecule has 1 aromatic rings. The lowest BCUT2D eigenvalue weighted by molar-refractivity contribution is 0.256. The van der Waals surface area contributed by atoms with Gasteiger partial charge in [-0.25, -0.2) is 17.5 Å². The highest BCUT2D eigenvalue weighted by Crippen LogP contribution is 2.15. The Hall–Kier alpha value is -1.49. The van der Waals surface area contributed by atoms with Gasteiger partial charge in [0.05, 0.1) is 17.4 Å². The molecule has 0 bridgehead atoms. The third-order valence-corrected chi connectivity index (χ3v) is 4.45. The Bertz CT molecular complexity index is 624. The van der Waals surface area contributed by atoms with Gasteiger partial charge in [-0.05, 0) is 30.5 Å². The van der Waals surface area contributed by atoms with Crippen LogP contribution in [0.2, 0.25) is 0 Å². The summed E-state index contributed by atoms with van der Waals surface area (Å²) in [4.78, 5) is 0. The van der Waals surface area contributed by atoms with E-state index < -0.39 is 27.6 Å². The smallest absolute Gasteiger partial charge is 0.216 e. The Morgan fingerprint density at radius 2 is 2.10 bits per heavy atom. The Kier molecular flexibility index (Phi) is 6.27. The molecule has 0 radical (unpaired) electrons. The van der Waals surface area contributed by atoms with Crippen molar-refractivity contribution in [3.8, 4) is 6.07 Å². The predicted octanol–water partition coefficient (Wildman–Crippen LogP) is 1.52. The van der Waals surface area contributed by atoms with Gasteiger partial charge in [0, 0.05) is 18.2 Å². The molecule has 0 aliphatic carbocycles. The third-order valence-electron chi connectivity index (χ3n) is 3.10. The average Bonchev–Trinajstić information content (AvgIpc) is 2.40. The number of hydrogen-bond acceptors (Lipinski definition) is 4. The van der Waals surface area contributed by atoms with Gasteiger partial charge in [0.15, 0.2) is 0 Å². The van der Waals surface area contributed by atoms with E-state index in [0.717, 1.165) is 6.07 Å². The van der Waals surface area contributed by atoms with E-state index in [-0.39, 0.29) is 30.1 Å². The van der Waals surface area contributed by atoms with E-state index in [9.17, 15) is 12.8 Å². The fraction of sp³-hybridized carbons (Fsp3) is 0.500. The highest BCUT2D eigenvalue weighted by molar-refractivity contribution is 7.88. The number of nitrogens with one attached hydrogen (secondary N) is 1. The minimum atomic E-state index is -3.76. The lowest BCUT2D eigenvalue weighted by Gasteiger charge is -2.21. The first-order valence-corrected chi connectivity index (χ1v) is 8.23. The molecule has 0 spiro atoms. The van der Waals surface area contributed by atoms with Crippen molar-refractivity contribution >= 4 is 10.0 Å². The molecule has 0 saturated carbocycles. The molecule has 0 aromatic heterocycles. The molecule has 0 amide bonds. The van der Waals surface area contributed by atoms with Crippen molar-refractivity contribution in [2.45, 2.75) is 32.1 Å². The first-order valence-electron chi connectivity index (χ1n) is 6.58. The lowest BCUT2D eigenvalue weighted by Crippen LogP contribution is -2.39. The summed E-state index contributed by atoms with van der Waals surface area (Å²) in [6.45, 7) is 3.53. The van der Waals surface area contributed by atoms with Crippen molar-refractivity contribution in [3.63, 3.8) is 0 Å². The van der Waals surface area contributed by atoms with Crippen LogP contribution in [0.5, 0.6) is 0 Å². The largest absolute Gasteiger partial charge is 0.396 e. The van der Waals surface area contributed by atoms with E-state index in [4.69, 9.17) is 10.4 Å². The molecular weight excluding hydrogens is 295 g/mol. The molecule has 5 nitrogen and oxygen atoms in total. The number of nitrogens with zero attached hydrogens (tertiary/aromatic N) is 1. The van der Waals surface area contributed by atoms with Crippen molar-refractivity contribution in [1.29, 1.82) is 5.26 Å². The zero-order valence-electron chi connectivity index (χ0n) is 12.0. The van der Waals surface area contributed by atoms with Crippen molar-refractivity contribution in [1.82, 2.24) is 4.72 Å². The minimum Gasteiger partial charge on any atom is -0.396 e. The molecule has 0 fully saturated rings. The monoisotopic (exact) mass is 314 g/mol. The summed E-state index contributed by atoms with van der Waals surface area (Å²) < 4.78 is 40.3. The third kappa shape index (κ3) is 5.42. The summed E-state index contributed by atoms with van der Waals surface area (Å²) in [5.74, 6) is -1.20. The Morgan fingerprint density at radius 3 is 2.62 bits per heavy atom. The van der Waals surface area contributed by atoms with Crippen LogP contribution in [-0.4, -0.2) is 26.2 Å². The fourth-order valence-electron chi connectivity index (χ4n) is 1.90. The van der Waals surface area contributed by atoms with Crippen LogP contribution < -0.4 is 4.72 Å². The summed E-state index contributed by atoms with van der Waals surface area (Å²) in [5.41, 5.74) is 0.158. The van der Waals surface area contributed by atoms with Crippen molar-refractivity contribution in [3.05, 3.63) is 35.1 Å². The number of benzene rings is 1. The molecule has 116 valence electrons. The van der Waals surface area contributed by atoms with Gasteiger partial charge in [0.2, 0.25) is 10.0 Å². The molecular formula is C14H19FN2O3S. The predicted molar refractivity (Wildman–Crippen MR) is 77.2 cm³/mol. The van der Waals surface area contributed by atoms with Gasteiger partial charge in [-0.1, -0.05) is 13.8 Å². The van der Waals surface area contributed by atoms with Gasteiger partial charge in [0.25, 0.3) is 0 Å². The van der Waals surface area contributed by atoms with Gasteiger partial charge >= 0.3 is 0 Å². The van der Waals surface area contributed by atoms with Gasteiger partial charge in [-0.15, -0.1) is 0 Å². The second-order valence-corrected chi connectivity index (χ2v) is 6.91. The van der Waals surface area contributed by atoms with E-state index >= 15 is 0 Å². The molecule has 2 N–H and O–H groups in total. The van der Waals surface area contributed by atoms with E-state index in [1.165, 1.54) is 12.1 Å². The van der Waals surface area contributed by atoms with Crippen LogP contribution >= 0.6 is 0 Å². The number of aliphatic hydroxyl groups excluding tert-OH is 1. The average molecular weight is 314 g/mol. The molecule has 0 aliphatic rings. The number of nitriles is 1. The summed E-state index contributed by atoms with van der Waals surface area (Å²) >= 11 is 0. The quantitative estimate of drug-likeness (QED) is 0.798. The first kappa shape index (κ1) is 17.6. The molecule has 1 aromatic carbocycles. The molecule has 0 heterocycles. The van der Waals surface area contributed by atoms with Crippen LogP contribution in [0.1, 0.15) is 31.4 Å². The normalized spacial score (nSPS) is 13.1. The molecule has 1 rings (SSSR count). The highest BCUT2D eigenvalue weighted by atomic mass is 32.2. The molecule has 7 heteroatoms. The molecule has 1 atom stereocenters. The van der Waals surface area contributed by atoms with Crippen LogP contribution in [-0.2, 0) is 15.8 Å². The van der Waals surface area contributed by atoms with Crippen molar-refractivity contribution in [2.24, 2.45) is 5.92 Å².